The molecule has 1 saturated carbocycles. The number of amides is 1. The number of aryl methyl sites for hydroxylation is 1. The smallest absolute Gasteiger partial charge is 0.225 e. The molecule has 0 spiro atoms. The third kappa shape index (κ3) is 4.92. The van der Waals surface area contributed by atoms with Crippen LogP contribution in [0.1, 0.15) is 31.0 Å². The zero-order valence-electron chi connectivity index (χ0n) is 20.4. The highest BCUT2D eigenvalue weighted by molar-refractivity contribution is 5.83. The fourth-order valence-corrected chi connectivity index (χ4v) is 4.71. The summed E-state index contributed by atoms with van der Waals surface area (Å²) in [5.74, 6) is 2.05. The second-order valence-electron chi connectivity index (χ2n) is 9.62. The molecule has 1 aromatic carbocycles. The number of aromatic nitrogens is 5. The standard InChI is InChI=1S/C27H30N8O/c1-2-21-15-23(30-17-29-21)20-5-6-22-24(14-20)32-27(31-22)33-25-13-18(7-8-28-25)16-34-9-11-35(12-10-34)26(36)19-3-4-19/h5-8,13-15,17,19H,2-4,9-12,16H2,1H3,(H2,28,31,32,33). The number of hydrogen-bond acceptors (Lipinski definition) is 7. The fraction of sp³-hybridized carbons (Fsp3) is 0.370. The van der Waals surface area contributed by atoms with Crippen LogP contribution < -0.4 is 5.32 Å². The molecule has 4 heterocycles. The molecular formula is C27H30N8O. The average molecular weight is 483 g/mol. The number of imidazole rings is 1. The average Bonchev–Trinajstić information content (AvgIpc) is 3.68. The monoisotopic (exact) mass is 482 g/mol. The molecule has 36 heavy (non-hydrogen) atoms. The molecule has 1 amide bonds. The molecule has 6 rings (SSSR count). The van der Waals surface area contributed by atoms with Gasteiger partial charge >= 0.3 is 0 Å². The van der Waals surface area contributed by atoms with Gasteiger partial charge in [0.05, 0.1) is 16.7 Å². The second-order valence-corrected chi connectivity index (χ2v) is 9.62. The molecule has 0 radical (unpaired) electrons. The summed E-state index contributed by atoms with van der Waals surface area (Å²) in [4.78, 5) is 38.0. The maximum atomic E-state index is 12.3. The van der Waals surface area contributed by atoms with Gasteiger partial charge in [0, 0.05) is 56.1 Å². The first-order chi connectivity index (χ1) is 17.6. The number of fused-ring (bicyclic) bond motifs is 1. The zero-order valence-corrected chi connectivity index (χ0v) is 20.4. The molecule has 0 unspecified atom stereocenters. The lowest BCUT2D eigenvalue weighted by atomic mass is 10.1. The zero-order chi connectivity index (χ0) is 24.5. The van der Waals surface area contributed by atoms with Gasteiger partial charge in [0.2, 0.25) is 11.9 Å². The van der Waals surface area contributed by atoms with Crippen LogP contribution in [0.5, 0.6) is 0 Å². The van der Waals surface area contributed by atoms with E-state index in [9.17, 15) is 4.79 Å². The van der Waals surface area contributed by atoms with Crippen LogP contribution in [0.25, 0.3) is 22.3 Å². The summed E-state index contributed by atoms with van der Waals surface area (Å²) in [6.07, 6.45) is 6.45. The number of anilines is 2. The molecule has 2 fully saturated rings. The summed E-state index contributed by atoms with van der Waals surface area (Å²) in [5, 5.41) is 3.32. The number of carbonyl (C=O) groups excluding carboxylic acids is 1. The van der Waals surface area contributed by atoms with Crippen LogP contribution in [-0.2, 0) is 17.8 Å². The van der Waals surface area contributed by atoms with Crippen LogP contribution in [-0.4, -0.2) is 66.8 Å². The number of H-pyrrole nitrogens is 1. The van der Waals surface area contributed by atoms with E-state index in [4.69, 9.17) is 0 Å². The van der Waals surface area contributed by atoms with Gasteiger partial charge in [-0.15, -0.1) is 0 Å². The number of nitrogens with zero attached hydrogens (tertiary/aromatic N) is 6. The highest BCUT2D eigenvalue weighted by atomic mass is 16.2. The number of pyridine rings is 1. The first-order valence-corrected chi connectivity index (χ1v) is 12.7. The van der Waals surface area contributed by atoms with Crippen molar-refractivity contribution in [3.05, 3.63) is 60.2 Å². The number of carbonyl (C=O) groups is 1. The Morgan fingerprint density at radius 1 is 1.06 bits per heavy atom. The van der Waals surface area contributed by atoms with Gasteiger partial charge in [0.1, 0.15) is 12.1 Å². The van der Waals surface area contributed by atoms with E-state index in [0.29, 0.717) is 17.8 Å². The van der Waals surface area contributed by atoms with Crippen molar-refractivity contribution < 1.29 is 4.79 Å². The van der Waals surface area contributed by atoms with E-state index in [0.717, 1.165) is 85.8 Å². The summed E-state index contributed by atoms with van der Waals surface area (Å²) in [6, 6.07) is 12.2. The maximum Gasteiger partial charge on any atom is 0.225 e. The summed E-state index contributed by atoms with van der Waals surface area (Å²) >= 11 is 0. The maximum absolute atomic E-state index is 12.3. The van der Waals surface area contributed by atoms with E-state index in [-0.39, 0.29) is 0 Å². The van der Waals surface area contributed by atoms with Gasteiger partial charge in [-0.2, -0.15) is 0 Å². The second kappa shape index (κ2) is 9.66. The molecule has 184 valence electrons. The SMILES string of the molecule is CCc1cc(-c2ccc3nc(Nc4cc(CN5CCN(C(=O)C6CC6)CC5)ccn4)[nH]c3c2)ncn1. The minimum Gasteiger partial charge on any atom is -0.340 e. The van der Waals surface area contributed by atoms with Crippen LogP contribution in [0.2, 0.25) is 0 Å². The van der Waals surface area contributed by atoms with E-state index in [1.807, 2.05) is 35.4 Å². The summed E-state index contributed by atoms with van der Waals surface area (Å²) in [5.41, 5.74) is 5.94. The summed E-state index contributed by atoms with van der Waals surface area (Å²) in [7, 11) is 0. The Kier molecular flexibility index (Phi) is 6.06. The van der Waals surface area contributed by atoms with Crippen molar-refractivity contribution in [2.75, 3.05) is 31.5 Å². The number of rotatable bonds is 7. The van der Waals surface area contributed by atoms with E-state index in [1.165, 1.54) is 5.56 Å². The molecule has 0 atom stereocenters. The lowest BCUT2D eigenvalue weighted by molar-refractivity contribution is -0.134. The Hall–Kier alpha value is -3.85. The third-order valence-electron chi connectivity index (χ3n) is 6.95. The highest BCUT2D eigenvalue weighted by Gasteiger charge is 2.34. The fourth-order valence-electron chi connectivity index (χ4n) is 4.71. The Balaban J connectivity index is 1.11. The predicted molar refractivity (Wildman–Crippen MR) is 139 cm³/mol. The molecule has 0 bridgehead atoms. The molecular weight excluding hydrogens is 452 g/mol. The van der Waals surface area contributed by atoms with Crippen molar-refractivity contribution in [3.8, 4) is 11.3 Å². The van der Waals surface area contributed by atoms with Crippen LogP contribution >= 0.6 is 0 Å². The normalized spacial score (nSPS) is 16.4. The summed E-state index contributed by atoms with van der Waals surface area (Å²) < 4.78 is 0. The third-order valence-corrected chi connectivity index (χ3v) is 6.95. The van der Waals surface area contributed by atoms with Crippen LogP contribution in [0, 0.1) is 5.92 Å². The van der Waals surface area contributed by atoms with Gasteiger partial charge in [0.25, 0.3) is 0 Å². The number of aromatic amines is 1. The molecule has 1 aliphatic heterocycles. The van der Waals surface area contributed by atoms with Gasteiger partial charge in [-0.25, -0.2) is 19.9 Å². The van der Waals surface area contributed by atoms with Crippen molar-refractivity contribution in [1.29, 1.82) is 0 Å². The van der Waals surface area contributed by atoms with E-state index >= 15 is 0 Å². The largest absolute Gasteiger partial charge is 0.340 e. The van der Waals surface area contributed by atoms with Crippen LogP contribution in [0.4, 0.5) is 11.8 Å². The Morgan fingerprint density at radius 2 is 1.92 bits per heavy atom. The van der Waals surface area contributed by atoms with Crippen molar-refractivity contribution >= 4 is 28.7 Å². The van der Waals surface area contributed by atoms with Crippen molar-refractivity contribution in [3.63, 3.8) is 0 Å². The van der Waals surface area contributed by atoms with Crippen LogP contribution in [0.3, 0.4) is 0 Å². The number of hydrogen-bond donors (Lipinski definition) is 2. The lowest BCUT2D eigenvalue weighted by Crippen LogP contribution is -2.48. The minimum absolute atomic E-state index is 0.302. The molecule has 9 nitrogen and oxygen atoms in total. The molecule has 1 saturated heterocycles. The van der Waals surface area contributed by atoms with Gasteiger partial charge < -0.3 is 15.2 Å². The van der Waals surface area contributed by atoms with Gasteiger partial charge in [-0.05, 0) is 55.2 Å². The predicted octanol–water partition coefficient (Wildman–Crippen LogP) is 3.78. The van der Waals surface area contributed by atoms with E-state index < -0.39 is 0 Å². The van der Waals surface area contributed by atoms with E-state index in [1.54, 1.807) is 6.33 Å². The number of benzene rings is 1. The Labute approximate surface area is 210 Å². The lowest BCUT2D eigenvalue weighted by Gasteiger charge is -2.34. The molecule has 2 aliphatic rings. The number of nitrogens with one attached hydrogen (secondary N) is 2. The first-order valence-electron chi connectivity index (χ1n) is 12.7. The molecule has 1 aliphatic carbocycles. The molecule has 9 heteroatoms. The topological polar surface area (TPSA) is 103 Å². The Bertz CT molecular complexity index is 1390. The summed E-state index contributed by atoms with van der Waals surface area (Å²) in [6.45, 7) is 6.37. The van der Waals surface area contributed by atoms with Gasteiger partial charge in [-0.3, -0.25) is 9.69 Å². The van der Waals surface area contributed by atoms with Crippen molar-refractivity contribution in [2.24, 2.45) is 5.92 Å². The van der Waals surface area contributed by atoms with Crippen molar-refractivity contribution in [1.82, 2.24) is 34.7 Å². The number of piperazine rings is 1. The van der Waals surface area contributed by atoms with Gasteiger partial charge in [0.15, 0.2) is 0 Å². The van der Waals surface area contributed by atoms with Gasteiger partial charge in [-0.1, -0.05) is 13.0 Å². The molecule has 4 aromatic rings. The van der Waals surface area contributed by atoms with E-state index in [2.05, 4.69) is 54.2 Å². The first kappa shape index (κ1) is 22.6. The molecule has 3 aromatic heterocycles. The quantitative estimate of drug-likeness (QED) is 0.413. The highest BCUT2D eigenvalue weighted by Crippen LogP contribution is 2.31. The Morgan fingerprint density at radius 3 is 2.72 bits per heavy atom. The molecule has 2 N–H and O–H groups in total. The van der Waals surface area contributed by atoms with Crippen LogP contribution in [0.15, 0.2) is 48.9 Å². The minimum atomic E-state index is 0.302. The van der Waals surface area contributed by atoms with Crippen molar-refractivity contribution in [2.45, 2.75) is 32.7 Å².